The highest BCUT2D eigenvalue weighted by molar-refractivity contribution is 5.79. The number of aromatic nitrogens is 2. The molecule has 10 heteroatoms. The van der Waals surface area contributed by atoms with E-state index in [0.29, 0.717) is 44.2 Å². The molecule has 2 aliphatic rings. The molecule has 7 nitrogen and oxygen atoms in total. The summed E-state index contributed by atoms with van der Waals surface area (Å²) in [5.74, 6) is 0.610. The average Bonchev–Trinajstić information content (AvgIpc) is 3.26. The van der Waals surface area contributed by atoms with E-state index < -0.39 is 11.9 Å². The largest absolute Gasteiger partial charge is 0.433 e. The fraction of sp³-hybridized carbons (Fsp3) is 0.783. The van der Waals surface area contributed by atoms with Gasteiger partial charge in [-0.25, -0.2) is 9.97 Å². The Bertz CT molecular complexity index is 771. The molecule has 2 fully saturated rings. The van der Waals surface area contributed by atoms with E-state index in [-0.39, 0.29) is 17.8 Å². The SMILES string of the molecule is CCCOCC(C)C(C)NC1CCC(C(=O)N2CCN(c3nccc(C(F)(F)F)n3)CC2)C1. The van der Waals surface area contributed by atoms with Crippen LogP contribution in [0.4, 0.5) is 19.1 Å². The van der Waals surface area contributed by atoms with Gasteiger partial charge < -0.3 is 19.9 Å². The summed E-state index contributed by atoms with van der Waals surface area (Å²) in [5.41, 5.74) is -0.948. The lowest BCUT2D eigenvalue weighted by atomic mass is 10.0. The highest BCUT2D eigenvalue weighted by Crippen LogP contribution is 2.30. The van der Waals surface area contributed by atoms with E-state index in [1.54, 1.807) is 4.90 Å². The fourth-order valence-electron chi connectivity index (χ4n) is 4.49. The molecular formula is C23H36F3N5O2. The molecule has 1 saturated heterocycles. The van der Waals surface area contributed by atoms with E-state index in [2.05, 4.69) is 36.1 Å². The van der Waals surface area contributed by atoms with Gasteiger partial charge in [0.05, 0.1) is 6.61 Å². The molecule has 1 N–H and O–H groups in total. The van der Waals surface area contributed by atoms with E-state index >= 15 is 0 Å². The van der Waals surface area contributed by atoms with Crippen LogP contribution < -0.4 is 10.2 Å². The first kappa shape index (κ1) is 25.7. The van der Waals surface area contributed by atoms with Crippen molar-refractivity contribution in [3.05, 3.63) is 18.0 Å². The average molecular weight is 472 g/mol. The summed E-state index contributed by atoms with van der Waals surface area (Å²) in [6.07, 6.45) is 0.305. The number of rotatable bonds is 9. The van der Waals surface area contributed by atoms with Crippen LogP contribution in [-0.4, -0.2) is 72.3 Å². The number of nitrogens with one attached hydrogen (secondary N) is 1. The molecule has 0 aromatic carbocycles. The quantitative estimate of drug-likeness (QED) is 0.557. The second-order valence-electron chi connectivity index (χ2n) is 9.27. The Morgan fingerprint density at radius 3 is 2.64 bits per heavy atom. The lowest BCUT2D eigenvalue weighted by Gasteiger charge is -2.36. The van der Waals surface area contributed by atoms with Crippen molar-refractivity contribution < 1.29 is 22.7 Å². The van der Waals surface area contributed by atoms with Gasteiger partial charge in [-0.2, -0.15) is 13.2 Å². The molecule has 1 aliphatic carbocycles. The van der Waals surface area contributed by atoms with Crippen molar-refractivity contribution in [3.8, 4) is 0 Å². The van der Waals surface area contributed by atoms with Gasteiger partial charge in [0.25, 0.3) is 0 Å². The van der Waals surface area contributed by atoms with Crippen LogP contribution in [0.2, 0.25) is 0 Å². The second kappa shape index (κ2) is 11.5. The highest BCUT2D eigenvalue weighted by atomic mass is 19.4. The molecule has 1 aromatic rings. The third kappa shape index (κ3) is 7.02. The predicted octanol–water partition coefficient (Wildman–Crippen LogP) is 3.35. The lowest BCUT2D eigenvalue weighted by Crippen LogP contribution is -2.51. The number of piperazine rings is 1. The van der Waals surface area contributed by atoms with Crippen molar-refractivity contribution in [2.75, 3.05) is 44.3 Å². The molecule has 0 bridgehead atoms. The van der Waals surface area contributed by atoms with Gasteiger partial charge in [-0.15, -0.1) is 0 Å². The lowest BCUT2D eigenvalue weighted by molar-refractivity contribution is -0.141. The van der Waals surface area contributed by atoms with Crippen LogP contribution in [0.1, 0.15) is 52.1 Å². The van der Waals surface area contributed by atoms with Crippen LogP contribution in [0.15, 0.2) is 12.3 Å². The number of halogens is 3. The normalized spacial score (nSPS) is 23.6. The van der Waals surface area contributed by atoms with Crippen molar-refractivity contribution >= 4 is 11.9 Å². The van der Waals surface area contributed by atoms with Gasteiger partial charge in [-0.05, 0) is 44.6 Å². The smallest absolute Gasteiger partial charge is 0.381 e. The topological polar surface area (TPSA) is 70.6 Å². The number of carbonyl (C=O) groups is 1. The molecule has 1 aromatic heterocycles. The molecular weight excluding hydrogens is 435 g/mol. The Hall–Kier alpha value is -1.94. The molecule has 4 atom stereocenters. The maximum atomic E-state index is 13.0. The zero-order valence-corrected chi connectivity index (χ0v) is 19.8. The van der Waals surface area contributed by atoms with Crippen molar-refractivity contribution in [3.63, 3.8) is 0 Å². The van der Waals surface area contributed by atoms with Crippen LogP contribution in [-0.2, 0) is 15.7 Å². The van der Waals surface area contributed by atoms with Gasteiger partial charge in [0.1, 0.15) is 5.69 Å². The van der Waals surface area contributed by atoms with Gasteiger partial charge in [0.15, 0.2) is 0 Å². The first-order valence-electron chi connectivity index (χ1n) is 12.0. The van der Waals surface area contributed by atoms with Crippen LogP contribution in [0.3, 0.4) is 0 Å². The van der Waals surface area contributed by atoms with Gasteiger partial charge >= 0.3 is 6.18 Å². The number of amides is 1. The fourth-order valence-corrected chi connectivity index (χ4v) is 4.49. The van der Waals surface area contributed by atoms with Crippen LogP contribution in [0.5, 0.6) is 0 Å². The third-order valence-electron chi connectivity index (χ3n) is 6.67. The van der Waals surface area contributed by atoms with Gasteiger partial charge in [0, 0.05) is 57.0 Å². The Morgan fingerprint density at radius 2 is 1.97 bits per heavy atom. The Labute approximate surface area is 194 Å². The number of hydrogen-bond acceptors (Lipinski definition) is 6. The highest BCUT2D eigenvalue weighted by Gasteiger charge is 2.36. The summed E-state index contributed by atoms with van der Waals surface area (Å²) in [5, 5.41) is 3.67. The maximum absolute atomic E-state index is 13.0. The molecule has 3 rings (SSSR count). The second-order valence-corrected chi connectivity index (χ2v) is 9.27. The molecule has 2 heterocycles. The molecule has 0 radical (unpaired) electrons. The molecule has 33 heavy (non-hydrogen) atoms. The monoisotopic (exact) mass is 471 g/mol. The predicted molar refractivity (Wildman–Crippen MR) is 120 cm³/mol. The van der Waals surface area contributed by atoms with Gasteiger partial charge in [0.2, 0.25) is 11.9 Å². The summed E-state index contributed by atoms with van der Waals surface area (Å²) in [4.78, 5) is 24.2. The number of ether oxygens (including phenoxy) is 1. The van der Waals surface area contributed by atoms with E-state index in [4.69, 9.17) is 4.74 Å². The summed E-state index contributed by atoms with van der Waals surface area (Å²) in [7, 11) is 0. The van der Waals surface area contributed by atoms with Gasteiger partial charge in [-0.3, -0.25) is 4.79 Å². The first-order chi connectivity index (χ1) is 15.7. The third-order valence-corrected chi connectivity index (χ3v) is 6.67. The minimum absolute atomic E-state index is 0.00213. The summed E-state index contributed by atoms with van der Waals surface area (Å²) >= 11 is 0. The van der Waals surface area contributed by atoms with E-state index in [9.17, 15) is 18.0 Å². The zero-order valence-electron chi connectivity index (χ0n) is 19.8. The summed E-state index contributed by atoms with van der Waals surface area (Å²) in [6.45, 7) is 9.75. The molecule has 1 amide bonds. The standard InChI is InChI=1S/C23H36F3N5O2/c1-4-13-33-15-16(2)17(3)28-19-6-5-18(14-19)21(32)30-9-11-31(12-10-30)22-27-8-7-20(29-22)23(24,25)26/h7-8,16-19,28H,4-6,9-15H2,1-3H3. The van der Waals surface area contributed by atoms with E-state index in [0.717, 1.165) is 51.2 Å². The zero-order chi connectivity index (χ0) is 24.0. The van der Waals surface area contributed by atoms with Gasteiger partial charge in [-0.1, -0.05) is 13.8 Å². The summed E-state index contributed by atoms with van der Waals surface area (Å²) < 4.78 is 44.4. The summed E-state index contributed by atoms with van der Waals surface area (Å²) in [6, 6.07) is 1.51. The number of carbonyl (C=O) groups excluding carboxylic acids is 1. The Morgan fingerprint density at radius 1 is 1.24 bits per heavy atom. The van der Waals surface area contributed by atoms with Crippen LogP contribution >= 0.6 is 0 Å². The minimum Gasteiger partial charge on any atom is -0.381 e. The van der Waals surface area contributed by atoms with Crippen molar-refractivity contribution in [1.82, 2.24) is 20.2 Å². The molecule has 1 saturated carbocycles. The number of hydrogen-bond donors (Lipinski definition) is 1. The van der Waals surface area contributed by atoms with E-state index in [1.807, 2.05) is 4.90 Å². The molecule has 1 aliphatic heterocycles. The van der Waals surface area contributed by atoms with Crippen molar-refractivity contribution in [2.45, 2.75) is 64.7 Å². The first-order valence-corrected chi connectivity index (χ1v) is 12.0. The Balaban J connectivity index is 1.45. The number of anilines is 1. The van der Waals surface area contributed by atoms with Crippen LogP contribution in [0, 0.1) is 11.8 Å². The van der Waals surface area contributed by atoms with Crippen molar-refractivity contribution in [2.24, 2.45) is 11.8 Å². The number of nitrogens with zero attached hydrogens (tertiary/aromatic N) is 4. The maximum Gasteiger partial charge on any atom is 0.433 e. The van der Waals surface area contributed by atoms with E-state index in [1.165, 1.54) is 0 Å². The minimum atomic E-state index is -4.50. The Kier molecular flexibility index (Phi) is 8.92. The number of alkyl halides is 3. The molecule has 0 spiro atoms. The molecule has 186 valence electrons. The molecule has 4 unspecified atom stereocenters. The van der Waals surface area contributed by atoms with Crippen LogP contribution in [0.25, 0.3) is 0 Å². The van der Waals surface area contributed by atoms with Crippen molar-refractivity contribution in [1.29, 1.82) is 0 Å².